The number of nitrogens with one attached hydrogen (secondary N) is 1. The number of carbonyl (C=O) groups excluding carboxylic acids is 1. The normalized spacial score (nSPS) is 19.4. The predicted molar refractivity (Wildman–Crippen MR) is 65.9 cm³/mol. The Morgan fingerprint density at radius 3 is 2.53 bits per heavy atom. The molecule has 1 N–H and O–H groups in total. The maximum absolute atomic E-state index is 12.1. The summed E-state index contributed by atoms with van der Waals surface area (Å²) in [4.78, 5) is 16.0. The summed E-state index contributed by atoms with van der Waals surface area (Å²) >= 11 is 5.92. The lowest BCUT2D eigenvalue weighted by Gasteiger charge is -2.17. The zero-order valence-corrected chi connectivity index (χ0v) is 10.3. The van der Waals surface area contributed by atoms with E-state index in [4.69, 9.17) is 11.6 Å². The van der Waals surface area contributed by atoms with Crippen LogP contribution in [0.2, 0.25) is 5.15 Å². The average molecular weight is 251 g/mol. The van der Waals surface area contributed by atoms with Crippen LogP contribution in [0.1, 0.15) is 36.0 Å². The molecule has 0 aromatic carbocycles. The van der Waals surface area contributed by atoms with Gasteiger partial charge in [-0.15, -0.1) is 0 Å². The van der Waals surface area contributed by atoms with Gasteiger partial charge in [0.1, 0.15) is 5.15 Å². The van der Waals surface area contributed by atoms with Crippen LogP contribution in [0.25, 0.3) is 0 Å². The summed E-state index contributed by atoms with van der Waals surface area (Å²) in [5.74, 6) is 1.32. The smallest absolute Gasteiger partial charge is 0.254 e. The molecule has 0 atom stereocenters. The Bertz CT molecular complexity index is 429. The van der Waals surface area contributed by atoms with Crippen LogP contribution in [0, 0.1) is 11.8 Å². The highest BCUT2D eigenvalue weighted by Crippen LogP contribution is 2.44. The van der Waals surface area contributed by atoms with Crippen LogP contribution in [-0.2, 0) is 0 Å². The Hall–Kier alpha value is -1.09. The van der Waals surface area contributed by atoms with Gasteiger partial charge >= 0.3 is 0 Å². The van der Waals surface area contributed by atoms with Crippen molar-refractivity contribution < 1.29 is 4.79 Å². The molecule has 0 aliphatic heterocycles. The quantitative estimate of drug-likeness (QED) is 0.835. The number of halogens is 1. The molecule has 1 aromatic rings. The summed E-state index contributed by atoms with van der Waals surface area (Å²) in [5.41, 5.74) is 0.487. The van der Waals surface area contributed by atoms with E-state index < -0.39 is 0 Å². The zero-order valence-electron chi connectivity index (χ0n) is 9.53. The number of aromatic nitrogens is 1. The molecule has 17 heavy (non-hydrogen) atoms. The van der Waals surface area contributed by atoms with Crippen molar-refractivity contribution in [3.8, 4) is 0 Å². The SMILES string of the molecule is O=C(NC(C1CC1)C1CC1)c1cccnc1Cl. The molecule has 0 bridgehead atoms. The van der Waals surface area contributed by atoms with Crippen molar-refractivity contribution in [3.05, 3.63) is 29.0 Å². The number of hydrogen-bond donors (Lipinski definition) is 1. The number of nitrogens with zero attached hydrogens (tertiary/aromatic N) is 1. The van der Waals surface area contributed by atoms with Crippen molar-refractivity contribution in [2.75, 3.05) is 0 Å². The van der Waals surface area contributed by atoms with Crippen molar-refractivity contribution in [3.63, 3.8) is 0 Å². The molecule has 0 radical (unpaired) electrons. The zero-order chi connectivity index (χ0) is 11.8. The standard InChI is InChI=1S/C13H15ClN2O/c14-12-10(2-1-7-15-12)13(17)16-11(8-3-4-8)9-5-6-9/h1-2,7-9,11H,3-6H2,(H,16,17). The van der Waals surface area contributed by atoms with Crippen molar-refractivity contribution in [2.45, 2.75) is 31.7 Å². The first kappa shape index (κ1) is 11.0. The second-order valence-electron chi connectivity index (χ2n) is 5.02. The highest BCUT2D eigenvalue weighted by Gasteiger charge is 2.42. The minimum absolute atomic E-state index is 0.0769. The molecule has 3 rings (SSSR count). The number of rotatable bonds is 4. The largest absolute Gasteiger partial charge is 0.349 e. The fourth-order valence-electron chi connectivity index (χ4n) is 2.32. The average Bonchev–Trinajstić information content (AvgIpc) is 3.16. The Balaban J connectivity index is 1.71. The van der Waals surface area contributed by atoms with E-state index in [0.717, 1.165) is 0 Å². The highest BCUT2D eigenvalue weighted by molar-refractivity contribution is 6.32. The predicted octanol–water partition coefficient (Wildman–Crippen LogP) is 2.65. The van der Waals surface area contributed by atoms with Crippen molar-refractivity contribution in [1.82, 2.24) is 10.3 Å². The summed E-state index contributed by atoms with van der Waals surface area (Å²) in [6.07, 6.45) is 6.60. The molecule has 1 amide bonds. The third kappa shape index (κ3) is 2.44. The summed E-state index contributed by atoms with van der Waals surface area (Å²) in [6.45, 7) is 0. The van der Waals surface area contributed by atoms with E-state index in [9.17, 15) is 4.79 Å². The summed E-state index contributed by atoms with van der Waals surface area (Å²) < 4.78 is 0. The third-order valence-electron chi connectivity index (χ3n) is 3.56. The van der Waals surface area contributed by atoms with Gasteiger partial charge in [-0.1, -0.05) is 11.6 Å². The first-order chi connectivity index (χ1) is 8.25. The van der Waals surface area contributed by atoms with Crippen LogP contribution in [0.5, 0.6) is 0 Å². The van der Waals surface area contributed by atoms with Gasteiger partial charge in [0.25, 0.3) is 5.91 Å². The molecule has 2 saturated carbocycles. The minimum Gasteiger partial charge on any atom is -0.349 e. The second kappa shape index (κ2) is 4.30. The Morgan fingerprint density at radius 1 is 1.35 bits per heavy atom. The lowest BCUT2D eigenvalue weighted by atomic mass is 10.1. The molecule has 1 heterocycles. The topological polar surface area (TPSA) is 42.0 Å². The van der Waals surface area contributed by atoms with Gasteiger partial charge in [-0.3, -0.25) is 4.79 Å². The monoisotopic (exact) mass is 250 g/mol. The summed E-state index contributed by atoms with van der Waals surface area (Å²) in [7, 11) is 0. The Kier molecular flexibility index (Phi) is 2.79. The number of amides is 1. The van der Waals surface area contributed by atoms with Gasteiger partial charge < -0.3 is 5.32 Å². The molecule has 2 aliphatic rings. The Labute approximate surface area is 106 Å². The van der Waals surface area contributed by atoms with Crippen LogP contribution in [0.15, 0.2) is 18.3 Å². The van der Waals surface area contributed by atoms with Gasteiger partial charge in [0.05, 0.1) is 5.56 Å². The minimum atomic E-state index is -0.0769. The molecule has 2 aliphatic carbocycles. The molecule has 4 heteroatoms. The molecule has 90 valence electrons. The van der Waals surface area contributed by atoms with Crippen LogP contribution in [-0.4, -0.2) is 16.9 Å². The fraction of sp³-hybridized carbons (Fsp3) is 0.538. The fourth-order valence-corrected chi connectivity index (χ4v) is 2.52. The van der Waals surface area contributed by atoms with Crippen molar-refractivity contribution in [1.29, 1.82) is 0 Å². The first-order valence-electron chi connectivity index (χ1n) is 6.17. The van der Waals surface area contributed by atoms with Crippen LogP contribution in [0.4, 0.5) is 0 Å². The van der Waals surface area contributed by atoms with Crippen LogP contribution < -0.4 is 5.32 Å². The third-order valence-corrected chi connectivity index (χ3v) is 3.86. The van der Waals surface area contributed by atoms with E-state index in [2.05, 4.69) is 10.3 Å². The molecular weight excluding hydrogens is 236 g/mol. The number of carbonyl (C=O) groups is 1. The molecular formula is C13H15ClN2O. The second-order valence-corrected chi connectivity index (χ2v) is 5.37. The van der Waals surface area contributed by atoms with E-state index in [1.807, 2.05) is 0 Å². The highest BCUT2D eigenvalue weighted by atomic mass is 35.5. The molecule has 0 saturated heterocycles. The van der Waals surface area contributed by atoms with E-state index in [0.29, 0.717) is 23.4 Å². The van der Waals surface area contributed by atoms with Crippen molar-refractivity contribution in [2.24, 2.45) is 11.8 Å². The van der Waals surface area contributed by atoms with E-state index in [-0.39, 0.29) is 11.1 Å². The maximum atomic E-state index is 12.1. The molecule has 3 nitrogen and oxygen atoms in total. The summed E-state index contributed by atoms with van der Waals surface area (Å²) in [5, 5.41) is 3.42. The van der Waals surface area contributed by atoms with E-state index >= 15 is 0 Å². The Morgan fingerprint density at radius 2 is 2.00 bits per heavy atom. The van der Waals surface area contributed by atoms with Gasteiger partial charge in [-0.05, 0) is 49.7 Å². The molecule has 0 spiro atoms. The van der Waals surface area contributed by atoms with Gasteiger partial charge in [0.2, 0.25) is 0 Å². The van der Waals surface area contributed by atoms with Crippen LogP contribution in [0.3, 0.4) is 0 Å². The first-order valence-corrected chi connectivity index (χ1v) is 6.55. The number of pyridine rings is 1. The maximum Gasteiger partial charge on any atom is 0.254 e. The molecule has 2 fully saturated rings. The summed E-state index contributed by atoms with van der Waals surface area (Å²) in [6, 6.07) is 3.82. The lowest BCUT2D eigenvalue weighted by molar-refractivity contribution is 0.0926. The molecule has 1 aromatic heterocycles. The van der Waals surface area contributed by atoms with Gasteiger partial charge in [-0.25, -0.2) is 4.98 Å². The number of hydrogen-bond acceptors (Lipinski definition) is 2. The van der Waals surface area contributed by atoms with Gasteiger partial charge in [-0.2, -0.15) is 0 Å². The van der Waals surface area contributed by atoms with E-state index in [1.165, 1.54) is 25.7 Å². The lowest BCUT2D eigenvalue weighted by Crippen LogP contribution is -2.38. The van der Waals surface area contributed by atoms with Gasteiger partial charge in [0, 0.05) is 12.2 Å². The van der Waals surface area contributed by atoms with E-state index in [1.54, 1.807) is 18.3 Å². The van der Waals surface area contributed by atoms with Crippen molar-refractivity contribution >= 4 is 17.5 Å². The molecule has 0 unspecified atom stereocenters. The van der Waals surface area contributed by atoms with Gasteiger partial charge in [0.15, 0.2) is 0 Å². The van der Waals surface area contributed by atoms with Crippen LogP contribution >= 0.6 is 11.6 Å².